The molecule has 0 unspecified atom stereocenters. The Labute approximate surface area is 204 Å². The molecule has 0 saturated heterocycles. The number of hydrogen-bond acceptors (Lipinski definition) is 5. The molecule has 0 spiro atoms. The number of nitrogens with zero attached hydrogens (tertiary/aromatic N) is 3. The van der Waals surface area contributed by atoms with Crippen LogP contribution in [0.1, 0.15) is 68.2 Å². The van der Waals surface area contributed by atoms with Crippen molar-refractivity contribution in [3.8, 4) is 0 Å². The highest BCUT2D eigenvalue weighted by molar-refractivity contribution is 7.99. The molecule has 1 aromatic carbocycles. The number of rotatable bonds is 11. The van der Waals surface area contributed by atoms with E-state index in [9.17, 15) is 9.59 Å². The molecule has 1 aliphatic rings. The van der Waals surface area contributed by atoms with Gasteiger partial charge in [0.05, 0.1) is 22.4 Å². The lowest BCUT2D eigenvalue weighted by molar-refractivity contribution is -0.119. The van der Waals surface area contributed by atoms with E-state index in [1.807, 2.05) is 4.57 Å². The highest BCUT2D eigenvalue weighted by Gasteiger charge is 2.25. The van der Waals surface area contributed by atoms with Gasteiger partial charge >= 0.3 is 0 Å². The second-order valence-electron chi connectivity index (χ2n) is 8.71. The molecule has 7 nitrogen and oxygen atoms in total. The number of hydrogen-bond donors (Lipinski definition) is 2. The number of thioether (sulfide) groups is 1. The Morgan fingerprint density at radius 1 is 1.27 bits per heavy atom. The van der Waals surface area contributed by atoms with E-state index in [0.29, 0.717) is 40.5 Å². The first-order chi connectivity index (χ1) is 15.9. The molecule has 9 heteroatoms. The average Bonchev–Trinajstić information content (AvgIpc) is 3.42. The zero-order valence-corrected chi connectivity index (χ0v) is 20.8. The summed E-state index contributed by atoms with van der Waals surface area (Å²) in [4.78, 5) is 25.3. The zero-order valence-electron chi connectivity index (χ0n) is 19.2. The quantitative estimate of drug-likeness (QED) is 0.350. The molecule has 1 fully saturated rings. The summed E-state index contributed by atoms with van der Waals surface area (Å²) < 4.78 is 1.92. The van der Waals surface area contributed by atoms with Gasteiger partial charge in [-0.3, -0.25) is 9.59 Å². The predicted molar refractivity (Wildman–Crippen MR) is 132 cm³/mol. The maximum Gasteiger partial charge on any atom is 0.253 e. The van der Waals surface area contributed by atoms with E-state index in [-0.39, 0.29) is 29.7 Å². The van der Waals surface area contributed by atoms with Crippen LogP contribution in [0.3, 0.4) is 0 Å². The molecule has 2 N–H and O–H groups in total. The van der Waals surface area contributed by atoms with Crippen molar-refractivity contribution in [1.82, 2.24) is 25.4 Å². The molecule has 1 aromatic heterocycles. The summed E-state index contributed by atoms with van der Waals surface area (Å²) in [7, 11) is 0. The zero-order chi connectivity index (χ0) is 23.8. The lowest BCUT2D eigenvalue weighted by Crippen LogP contribution is -2.34. The maximum absolute atomic E-state index is 13.0. The summed E-state index contributed by atoms with van der Waals surface area (Å²) in [6.07, 6.45) is 6.89. The van der Waals surface area contributed by atoms with Crippen molar-refractivity contribution in [3.63, 3.8) is 0 Å². The Balaban J connectivity index is 1.76. The number of aromatic nitrogens is 3. The second kappa shape index (κ2) is 12.2. The Bertz CT molecular complexity index is 972. The molecule has 1 saturated carbocycles. The summed E-state index contributed by atoms with van der Waals surface area (Å²) in [5.41, 5.74) is 0.417. The third kappa shape index (κ3) is 7.08. The highest BCUT2D eigenvalue weighted by Crippen LogP contribution is 2.26. The summed E-state index contributed by atoms with van der Waals surface area (Å²) in [5, 5.41) is 15.9. The Hall–Kier alpha value is -2.32. The van der Waals surface area contributed by atoms with Crippen molar-refractivity contribution in [2.45, 2.75) is 69.7 Å². The van der Waals surface area contributed by atoms with Gasteiger partial charge in [-0.25, -0.2) is 0 Å². The van der Waals surface area contributed by atoms with E-state index in [1.54, 1.807) is 30.3 Å². The van der Waals surface area contributed by atoms with Gasteiger partial charge < -0.3 is 15.2 Å². The fourth-order valence-electron chi connectivity index (χ4n) is 4.02. The first-order valence-corrected chi connectivity index (χ1v) is 12.8. The second-order valence-corrected chi connectivity index (χ2v) is 10.1. The monoisotopic (exact) mass is 489 g/mol. The molecule has 2 amide bonds. The largest absolute Gasteiger partial charge is 0.353 e. The van der Waals surface area contributed by atoms with Crippen LogP contribution in [0, 0.1) is 5.92 Å². The van der Waals surface area contributed by atoms with Gasteiger partial charge in [0.25, 0.3) is 5.91 Å². The lowest BCUT2D eigenvalue weighted by Gasteiger charge is -2.21. The van der Waals surface area contributed by atoms with Crippen LogP contribution < -0.4 is 10.6 Å². The molecule has 0 aliphatic heterocycles. The van der Waals surface area contributed by atoms with Crippen molar-refractivity contribution in [2.24, 2.45) is 5.92 Å². The van der Waals surface area contributed by atoms with Crippen molar-refractivity contribution >= 4 is 35.2 Å². The van der Waals surface area contributed by atoms with E-state index in [1.165, 1.54) is 24.6 Å². The standard InChI is InChI=1S/C24H32ClN5O2S/c1-4-13-30-22(28-29-24(30)33-15-21(31)26-17-9-5-6-10-17)20(14-16(2)3)27-23(32)18-11-7-8-12-19(18)25/h4,7-8,11-12,16-17,20H,1,5-6,9-10,13-15H2,2-3H3,(H,26,31)(H,27,32)/t20-/m1/s1. The van der Waals surface area contributed by atoms with Crippen molar-refractivity contribution in [3.05, 3.63) is 53.3 Å². The van der Waals surface area contributed by atoms with Crippen LogP contribution in [0.25, 0.3) is 0 Å². The van der Waals surface area contributed by atoms with Crippen LogP contribution in [-0.2, 0) is 11.3 Å². The summed E-state index contributed by atoms with van der Waals surface area (Å²) in [6, 6.07) is 6.89. The number of halogens is 1. The predicted octanol–water partition coefficient (Wildman–Crippen LogP) is 4.79. The van der Waals surface area contributed by atoms with Crippen LogP contribution in [0.5, 0.6) is 0 Å². The molecule has 2 aromatic rings. The smallest absolute Gasteiger partial charge is 0.253 e. The van der Waals surface area contributed by atoms with Gasteiger partial charge in [-0.2, -0.15) is 0 Å². The third-order valence-electron chi connectivity index (χ3n) is 5.55. The summed E-state index contributed by atoms with van der Waals surface area (Å²) in [5.74, 6) is 0.968. The summed E-state index contributed by atoms with van der Waals surface area (Å²) >= 11 is 7.57. The minimum Gasteiger partial charge on any atom is -0.353 e. The molecule has 1 aliphatic carbocycles. The van der Waals surface area contributed by atoms with Gasteiger partial charge in [-0.15, -0.1) is 16.8 Å². The molecule has 0 radical (unpaired) electrons. The van der Waals surface area contributed by atoms with Gasteiger partial charge in [-0.1, -0.05) is 68.3 Å². The number of benzene rings is 1. The van der Waals surface area contributed by atoms with Crippen LogP contribution in [0.4, 0.5) is 0 Å². The fourth-order valence-corrected chi connectivity index (χ4v) is 5.00. The fraction of sp³-hybridized carbons (Fsp3) is 0.500. The molecule has 178 valence electrons. The van der Waals surface area contributed by atoms with E-state index in [2.05, 4.69) is 41.3 Å². The molecular formula is C24H32ClN5O2S. The molecular weight excluding hydrogens is 458 g/mol. The first kappa shape index (κ1) is 25.3. The van der Waals surface area contributed by atoms with Crippen LogP contribution in [0.2, 0.25) is 5.02 Å². The molecule has 1 atom stereocenters. The molecule has 1 heterocycles. The Morgan fingerprint density at radius 2 is 2.00 bits per heavy atom. The number of carbonyl (C=O) groups is 2. The van der Waals surface area contributed by atoms with Crippen LogP contribution in [0.15, 0.2) is 42.1 Å². The molecule has 3 rings (SSSR count). The van der Waals surface area contributed by atoms with Crippen LogP contribution in [-0.4, -0.2) is 38.4 Å². The maximum atomic E-state index is 13.0. The lowest BCUT2D eigenvalue weighted by atomic mass is 10.0. The average molecular weight is 490 g/mol. The van der Waals surface area contributed by atoms with Crippen molar-refractivity contribution < 1.29 is 9.59 Å². The number of amides is 2. The van der Waals surface area contributed by atoms with Crippen molar-refractivity contribution in [1.29, 1.82) is 0 Å². The highest BCUT2D eigenvalue weighted by atomic mass is 35.5. The molecule has 0 bridgehead atoms. The summed E-state index contributed by atoms with van der Waals surface area (Å²) in [6.45, 7) is 8.51. The van der Waals surface area contributed by atoms with Gasteiger partial charge in [0, 0.05) is 12.6 Å². The van der Waals surface area contributed by atoms with Crippen molar-refractivity contribution in [2.75, 3.05) is 5.75 Å². The number of nitrogens with one attached hydrogen (secondary N) is 2. The minimum atomic E-state index is -0.358. The van der Waals surface area contributed by atoms with Gasteiger partial charge in [0.2, 0.25) is 5.91 Å². The molecule has 33 heavy (non-hydrogen) atoms. The SMILES string of the molecule is C=CCn1c(SCC(=O)NC2CCCC2)nnc1[C@@H](CC(C)C)NC(=O)c1ccccc1Cl. The van der Waals surface area contributed by atoms with E-state index in [4.69, 9.17) is 11.6 Å². The normalized spacial score (nSPS) is 14.9. The van der Waals surface area contributed by atoms with E-state index < -0.39 is 0 Å². The van der Waals surface area contributed by atoms with Gasteiger partial charge in [-0.05, 0) is 37.3 Å². The third-order valence-corrected chi connectivity index (χ3v) is 6.85. The minimum absolute atomic E-state index is 0.00681. The van der Waals surface area contributed by atoms with E-state index in [0.717, 1.165) is 12.8 Å². The number of allylic oxidation sites excluding steroid dienone is 1. The number of carbonyl (C=O) groups excluding carboxylic acids is 2. The Kier molecular flexibility index (Phi) is 9.38. The van der Waals surface area contributed by atoms with Gasteiger partial charge in [0.15, 0.2) is 11.0 Å². The van der Waals surface area contributed by atoms with Crippen LogP contribution >= 0.6 is 23.4 Å². The van der Waals surface area contributed by atoms with E-state index >= 15 is 0 Å². The first-order valence-electron chi connectivity index (χ1n) is 11.4. The topological polar surface area (TPSA) is 88.9 Å². The van der Waals surface area contributed by atoms with Gasteiger partial charge in [0.1, 0.15) is 0 Å². The Morgan fingerprint density at radius 3 is 2.67 bits per heavy atom.